The van der Waals surface area contributed by atoms with Crippen molar-refractivity contribution in [1.29, 1.82) is 0 Å². The lowest BCUT2D eigenvalue weighted by Crippen LogP contribution is -2.74. The summed E-state index contributed by atoms with van der Waals surface area (Å²) in [5, 5.41) is 19.7. The molecule has 0 aliphatic carbocycles. The molecule has 6 N–H and O–H groups in total. The summed E-state index contributed by atoms with van der Waals surface area (Å²) in [5.74, 6) is -1.66. The van der Waals surface area contributed by atoms with Gasteiger partial charge >= 0.3 is 5.97 Å². The molecule has 2 aliphatic heterocycles. The Kier molecular flexibility index (Phi) is 6.69. The molecule has 0 saturated carbocycles. The van der Waals surface area contributed by atoms with Crippen LogP contribution in [0, 0.1) is 0 Å². The van der Waals surface area contributed by atoms with Gasteiger partial charge in [-0.05, 0) is 6.26 Å². The van der Waals surface area contributed by atoms with Gasteiger partial charge in [0.1, 0.15) is 21.9 Å². The van der Waals surface area contributed by atoms with Gasteiger partial charge in [0.25, 0.3) is 5.91 Å². The summed E-state index contributed by atoms with van der Waals surface area (Å²) in [6, 6.07) is -0.810. The van der Waals surface area contributed by atoms with Crippen molar-refractivity contribution in [2.24, 2.45) is 5.16 Å². The first-order chi connectivity index (χ1) is 15.7. The second-order valence-corrected chi connectivity index (χ2v) is 11.2. The number of rotatable bonds is 8. The maximum atomic E-state index is 13.0. The summed E-state index contributed by atoms with van der Waals surface area (Å²) in [7, 11) is 0. The fourth-order valence-corrected chi connectivity index (χ4v) is 6.86. The quantitative estimate of drug-likeness (QED) is 0.209. The molecular weight excluding hydrogens is 510 g/mol. The fraction of sp³-hybridized carbons (Fsp3) is 0.412. The van der Waals surface area contributed by atoms with E-state index < -0.39 is 22.7 Å². The zero-order chi connectivity index (χ0) is 23.8. The predicted octanol–water partition coefficient (Wildman–Crippen LogP) is 0.271. The van der Waals surface area contributed by atoms with E-state index in [1.807, 2.05) is 0 Å². The molecule has 2 aromatic heterocycles. The normalized spacial score (nSPS) is 24.7. The molecule has 4 rings (SSSR count). The third kappa shape index (κ3) is 4.60. The van der Waals surface area contributed by atoms with Gasteiger partial charge < -0.3 is 31.6 Å². The Morgan fingerprint density at radius 2 is 2.09 bits per heavy atom. The second kappa shape index (κ2) is 9.36. The molecule has 12 nitrogen and oxygen atoms in total. The van der Waals surface area contributed by atoms with Crippen molar-refractivity contribution in [2.45, 2.75) is 22.8 Å². The fourth-order valence-electron chi connectivity index (χ4n) is 3.25. The van der Waals surface area contributed by atoms with Gasteiger partial charge in [-0.1, -0.05) is 5.16 Å². The third-order valence-corrected chi connectivity index (χ3v) is 9.38. The lowest BCUT2D eigenvalue weighted by atomic mass is 10.0. The van der Waals surface area contributed by atoms with Crippen molar-refractivity contribution in [2.75, 3.05) is 30.0 Å². The minimum Gasteiger partial charge on any atom is -0.480 e. The molecule has 33 heavy (non-hydrogen) atoms. The highest BCUT2D eigenvalue weighted by atomic mass is 32.2. The molecule has 2 unspecified atom stereocenters. The van der Waals surface area contributed by atoms with Crippen LogP contribution in [0.1, 0.15) is 11.4 Å². The van der Waals surface area contributed by atoms with E-state index in [9.17, 15) is 19.5 Å². The van der Waals surface area contributed by atoms with Crippen molar-refractivity contribution < 1.29 is 24.3 Å². The number of anilines is 2. The van der Waals surface area contributed by atoms with Gasteiger partial charge in [0, 0.05) is 23.1 Å². The summed E-state index contributed by atoms with van der Waals surface area (Å²) in [6.07, 6.45) is 1.71. The minimum absolute atomic E-state index is 0.00926. The molecule has 2 aromatic rings. The van der Waals surface area contributed by atoms with Crippen LogP contribution in [0.15, 0.2) is 15.9 Å². The van der Waals surface area contributed by atoms with Gasteiger partial charge in [-0.25, -0.2) is 9.97 Å². The highest BCUT2D eigenvalue weighted by Gasteiger charge is 2.57. The predicted molar refractivity (Wildman–Crippen MR) is 128 cm³/mol. The van der Waals surface area contributed by atoms with Crippen molar-refractivity contribution in [3.05, 3.63) is 22.1 Å². The number of nitrogens with two attached hydrogens (primary N) is 2. The largest absolute Gasteiger partial charge is 0.480 e. The van der Waals surface area contributed by atoms with Crippen LogP contribution < -0.4 is 16.8 Å². The number of thioether (sulfide) groups is 2. The first kappa shape index (κ1) is 23.6. The molecular formula is C17H19N7O5S4. The number of carboxylic acids is 1. The first-order valence-electron chi connectivity index (χ1n) is 9.37. The smallest absolute Gasteiger partial charge is 0.322 e. The molecule has 0 bridgehead atoms. The van der Waals surface area contributed by atoms with Gasteiger partial charge in [-0.3, -0.25) is 14.4 Å². The van der Waals surface area contributed by atoms with E-state index in [1.165, 1.54) is 39.8 Å². The number of hydrogen-bond donors (Lipinski definition) is 4. The van der Waals surface area contributed by atoms with Crippen molar-refractivity contribution >= 4 is 80.0 Å². The summed E-state index contributed by atoms with van der Waals surface area (Å²) < 4.78 is -1.07. The van der Waals surface area contributed by atoms with Gasteiger partial charge in [0.15, 0.2) is 22.6 Å². The van der Waals surface area contributed by atoms with E-state index in [0.29, 0.717) is 16.6 Å². The zero-order valence-electron chi connectivity index (χ0n) is 17.1. The number of carboxylic acid groups (broad SMARTS) is 1. The van der Waals surface area contributed by atoms with E-state index >= 15 is 0 Å². The SMILES string of the molecule is CSC1(C(=O)O)CS[C@@H]2C(NC(=O)C(=NOCc3csc(N)n3)c3csc(N)n3)C(=O)N2C1. The van der Waals surface area contributed by atoms with Crippen molar-refractivity contribution in [3.8, 4) is 0 Å². The van der Waals surface area contributed by atoms with E-state index in [4.69, 9.17) is 16.3 Å². The number of nitrogen functional groups attached to an aromatic ring is 2. The summed E-state index contributed by atoms with van der Waals surface area (Å²) >= 11 is 4.91. The molecule has 0 radical (unpaired) electrons. The van der Waals surface area contributed by atoms with Crippen LogP contribution in [0.3, 0.4) is 0 Å². The molecule has 0 aromatic carbocycles. The number of fused-ring (bicyclic) bond motifs is 1. The van der Waals surface area contributed by atoms with Crippen molar-refractivity contribution in [3.63, 3.8) is 0 Å². The number of nitrogens with one attached hydrogen (secondary N) is 1. The highest BCUT2D eigenvalue weighted by Crippen LogP contribution is 2.43. The maximum absolute atomic E-state index is 13.0. The van der Waals surface area contributed by atoms with E-state index in [0.717, 1.165) is 11.3 Å². The lowest BCUT2D eigenvalue weighted by molar-refractivity contribution is -0.151. The highest BCUT2D eigenvalue weighted by molar-refractivity contribution is 8.04. The molecule has 2 saturated heterocycles. The standard InChI is InChI=1S/C17H19N7O5S4/c1-30-17(14(27)28)5-24-12(26)10(13(24)33-6-17)22-11(25)9(8-4-32-16(19)21-8)23-29-2-7-3-31-15(18)20-7/h3-4,10,13H,2,5-6H2,1H3,(H2,18,20)(H2,19,21)(H,22,25)(H,27,28)/t10?,13-,17?/m1/s1. The Hall–Kier alpha value is -2.56. The number of amides is 2. The van der Waals surface area contributed by atoms with Crippen LogP contribution in [0.2, 0.25) is 0 Å². The Labute approximate surface area is 204 Å². The van der Waals surface area contributed by atoms with Gasteiger partial charge in [0.2, 0.25) is 5.91 Å². The van der Waals surface area contributed by atoms with Crippen LogP contribution in [0.4, 0.5) is 10.3 Å². The topological polar surface area (TPSA) is 186 Å². The van der Waals surface area contributed by atoms with Crippen LogP contribution >= 0.6 is 46.2 Å². The van der Waals surface area contributed by atoms with Gasteiger partial charge in [-0.15, -0.1) is 46.2 Å². The molecule has 176 valence electrons. The van der Waals surface area contributed by atoms with Crippen LogP contribution in [-0.4, -0.2) is 78.2 Å². The van der Waals surface area contributed by atoms with E-state index in [1.54, 1.807) is 17.0 Å². The first-order valence-corrected chi connectivity index (χ1v) is 13.4. The number of aromatic nitrogens is 2. The van der Waals surface area contributed by atoms with E-state index in [2.05, 4.69) is 20.4 Å². The van der Waals surface area contributed by atoms with Gasteiger partial charge in [-0.2, -0.15) is 0 Å². The van der Waals surface area contributed by atoms with Crippen LogP contribution in [-0.2, 0) is 25.8 Å². The third-order valence-electron chi connectivity index (χ3n) is 5.04. The Balaban J connectivity index is 1.46. The zero-order valence-corrected chi connectivity index (χ0v) is 20.4. The Morgan fingerprint density at radius 3 is 2.70 bits per heavy atom. The molecule has 16 heteroatoms. The number of carbonyl (C=O) groups is 3. The van der Waals surface area contributed by atoms with E-state index in [-0.39, 0.29) is 41.0 Å². The van der Waals surface area contributed by atoms with Crippen LogP contribution in [0.5, 0.6) is 0 Å². The number of thiazole rings is 2. The monoisotopic (exact) mass is 529 g/mol. The summed E-state index contributed by atoms with van der Waals surface area (Å²) in [4.78, 5) is 52.3. The molecule has 4 heterocycles. The second-order valence-electron chi connectivity index (χ2n) is 7.08. The van der Waals surface area contributed by atoms with Crippen molar-refractivity contribution in [1.82, 2.24) is 20.2 Å². The molecule has 0 spiro atoms. The molecule has 2 fully saturated rings. The minimum atomic E-state index is -1.07. The maximum Gasteiger partial charge on any atom is 0.322 e. The number of carbonyl (C=O) groups excluding carboxylic acids is 2. The molecule has 2 aliphatic rings. The number of aliphatic carboxylic acids is 1. The number of nitrogens with zero attached hydrogens (tertiary/aromatic N) is 4. The van der Waals surface area contributed by atoms with Crippen LogP contribution in [0.25, 0.3) is 0 Å². The lowest BCUT2D eigenvalue weighted by Gasteiger charge is -2.53. The average Bonchev–Trinajstić information content (AvgIpc) is 3.41. The summed E-state index contributed by atoms with van der Waals surface area (Å²) in [6.45, 7) is 0.0699. The summed E-state index contributed by atoms with van der Waals surface area (Å²) in [5.41, 5.74) is 11.9. The molecule has 3 atom stereocenters. The Morgan fingerprint density at radius 1 is 1.36 bits per heavy atom. The number of β-lactam (4-membered cyclic amide) rings is 1. The Bertz CT molecular complexity index is 1120. The van der Waals surface area contributed by atoms with Gasteiger partial charge in [0.05, 0.1) is 5.69 Å². The average molecular weight is 530 g/mol. The molecule has 2 amide bonds. The number of hydrogen-bond acceptors (Lipinski definition) is 13. The number of oxime groups is 1.